The van der Waals surface area contributed by atoms with Gasteiger partial charge in [-0.2, -0.15) is 0 Å². The van der Waals surface area contributed by atoms with Gasteiger partial charge in [0.15, 0.2) is 9.84 Å². The van der Waals surface area contributed by atoms with Crippen LogP contribution >= 0.6 is 0 Å². The summed E-state index contributed by atoms with van der Waals surface area (Å²) in [6.07, 6.45) is 3.50. The number of likely N-dealkylation sites (tertiary alicyclic amines) is 1. The van der Waals surface area contributed by atoms with Gasteiger partial charge in [0.05, 0.1) is 16.3 Å². The Morgan fingerprint density at radius 3 is 2.60 bits per heavy atom. The molecule has 0 spiro atoms. The first kappa shape index (κ1) is 15.1. The summed E-state index contributed by atoms with van der Waals surface area (Å²) in [6, 6.07) is 5.11. The molecule has 20 heavy (non-hydrogen) atoms. The SMILES string of the molecule is CN1CCC(CNc2cccc(S(C)(=O)=O)c2N)CC1. The highest BCUT2D eigenvalue weighted by atomic mass is 32.2. The Labute approximate surface area is 121 Å². The fourth-order valence-corrected chi connectivity index (χ4v) is 3.38. The molecule has 2 rings (SSSR count). The smallest absolute Gasteiger partial charge is 0.177 e. The Balaban J connectivity index is 2.03. The first-order chi connectivity index (χ1) is 9.38. The summed E-state index contributed by atoms with van der Waals surface area (Å²) < 4.78 is 23.3. The van der Waals surface area contributed by atoms with Crippen molar-refractivity contribution in [3.05, 3.63) is 18.2 Å². The van der Waals surface area contributed by atoms with E-state index in [0.717, 1.165) is 32.5 Å². The quantitative estimate of drug-likeness (QED) is 0.822. The molecule has 0 atom stereocenters. The maximum absolute atomic E-state index is 11.6. The Kier molecular flexibility index (Phi) is 4.55. The van der Waals surface area contributed by atoms with E-state index in [-0.39, 0.29) is 4.90 Å². The predicted octanol–water partition coefficient (Wildman–Crippen LogP) is 1.43. The van der Waals surface area contributed by atoms with Crippen LogP contribution in [0.5, 0.6) is 0 Å². The molecule has 1 aliphatic rings. The van der Waals surface area contributed by atoms with Crippen molar-refractivity contribution in [2.75, 3.05) is 44.0 Å². The minimum absolute atomic E-state index is 0.200. The number of nitrogens with one attached hydrogen (secondary N) is 1. The molecule has 0 bridgehead atoms. The van der Waals surface area contributed by atoms with E-state index in [4.69, 9.17) is 5.73 Å². The molecule has 3 N–H and O–H groups in total. The van der Waals surface area contributed by atoms with Gasteiger partial charge < -0.3 is 16.0 Å². The van der Waals surface area contributed by atoms with E-state index in [2.05, 4.69) is 17.3 Å². The summed E-state index contributed by atoms with van der Waals surface area (Å²) in [7, 11) is -1.14. The molecule has 0 aliphatic carbocycles. The monoisotopic (exact) mass is 297 g/mol. The average molecular weight is 297 g/mol. The van der Waals surface area contributed by atoms with E-state index >= 15 is 0 Å². The van der Waals surface area contributed by atoms with Gasteiger partial charge in [-0.1, -0.05) is 6.07 Å². The molecule has 1 saturated heterocycles. The van der Waals surface area contributed by atoms with Gasteiger partial charge in [-0.3, -0.25) is 0 Å². The molecule has 0 saturated carbocycles. The predicted molar refractivity (Wildman–Crippen MR) is 82.7 cm³/mol. The number of nitrogens with two attached hydrogens (primary N) is 1. The maximum Gasteiger partial charge on any atom is 0.177 e. The van der Waals surface area contributed by atoms with Crippen molar-refractivity contribution >= 4 is 21.2 Å². The summed E-state index contributed by atoms with van der Waals surface area (Å²) in [5.41, 5.74) is 6.99. The molecule has 1 heterocycles. The number of hydrogen-bond acceptors (Lipinski definition) is 5. The highest BCUT2D eigenvalue weighted by molar-refractivity contribution is 7.90. The van der Waals surface area contributed by atoms with E-state index in [1.807, 2.05) is 6.07 Å². The topological polar surface area (TPSA) is 75.4 Å². The summed E-state index contributed by atoms with van der Waals surface area (Å²) in [4.78, 5) is 2.53. The molecule has 1 fully saturated rings. The number of rotatable bonds is 4. The second kappa shape index (κ2) is 6.01. The number of para-hydroxylation sites is 1. The third-order valence-corrected chi connectivity index (χ3v) is 5.04. The van der Waals surface area contributed by atoms with Crippen molar-refractivity contribution in [3.63, 3.8) is 0 Å². The summed E-state index contributed by atoms with van der Waals surface area (Å²) in [6.45, 7) is 3.07. The van der Waals surface area contributed by atoms with Crippen molar-refractivity contribution < 1.29 is 8.42 Å². The van der Waals surface area contributed by atoms with E-state index < -0.39 is 9.84 Å². The van der Waals surface area contributed by atoms with E-state index in [9.17, 15) is 8.42 Å². The van der Waals surface area contributed by atoms with Gasteiger partial charge >= 0.3 is 0 Å². The molecule has 5 nitrogen and oxygen atoms in total. The van der Waals surface area contributed by atoms with Crippen LogP contribution in [0.4, 0.5) is 11.4 Å². The molecule has 1 aromatic rings. The van der Waals surface area contributed by atoms with Crippen molar-refractivity contribution in [1.82, 2.24) is 4.90 Å². The number of sulfone groups is 1. The van der Waals surface area contributed by atoms with Crippen LogP contribution < -0.4 is 11.1 Å². The van der Waals surface area contributed by atoms with Crippen LogP contribution in [0.3, 0.4) is 0 Å². The lowest BCUT2D eigenvalue weighted by atomic mass is 9.97. The van der Waals surface area contributed by atoms with Crippen molar-refractivity contribution in [2.45, 2.75) is 17.7 Å². The van der Waals surface area contributed by atoms with Crippen LogP contribution in [0.25, 0.3) is 0 Å². The fourth-order valence-electron chi connectivity index (χ4n) is 2.54. The van der Waals surface area contributed by atoms with Crippen LogP contribution in [-0.2, 0) is 9.84 Å². The zero-order valence-corrected chi connectivity index (χ0v) is 12.9. The number of nitrogens with zero attached hydrogens (tertiary/aromatic N) is 1. The van der Waals surface area contributed by atoms with Gasteiger partial charge in [-0.05, 0) is 51.0 Å². The lowest BCUT2D eigenvalue weighted by Gasteiger charge is -2.29. The van der Waals surface area contributed by atoms with Crippen LogP contribution in [0.1, 0.15) is 12.8 Å². The molecule has 6 heteroatoms. The second-order valence-electron chi connectivity index (χ2n) is 5.62. The molecule has 112 valence electrons. The molecule has 0 unspecified atom stereocenters. The Bertz CT molecular complexity index is 564. The van der Waals surface area contributed by atoms with Crippen LogP contribution in [-0.4, -0.2) is 46.3 Å². The minimum Gasteiger partial charge on any atom is -0.396 e. The van der Waals surface area contributed by atoms with Crippen molar-refractivity contribution in [1.29, 1.82) is 0 Å². The minimum atomic E-state index is -3.28. The van der Waals surface area contributed by atoms with Gasteiger partial charge in [0.1, 0.15) is 0 Å². The fraction of sp³-hybridized carbons (Fsp3) is 0.571. The summed E-state index contributed by atoms with van der Waals surface area (Å²) >= 11 is 0. The average Bonchev–Trinajstić information content (AvgIpc) is 2.38. The van der Waals surface area contributed by atoms with Gasteiger partial charge in [-0.15, -0.1) is 0 Å². The zero-order chi connectivity index (χ0) is 14.8. The van der Waals surface area contributed by atoms with E-state index in [1.165, 1.54) is 6.26 Å². The summed E-state index contributed by atoms with van der Waals surface area (Å²) in [5, 5.41) is 3.30. The Hall–Kier alpha value is -1.27. The number of nitrogen functional groups attached to an aromatic ring is 1. The largest absolute Gasteiger partial charge is 0.396 e. The van der Waals surface area contributed by atoms with Crippen LogP contribution in [0.2, 0.25) is 0 Å². The zero-order valence-electron chi connectivity index (χ0n) is 12.1. The number of hydrogen-bond donors (Lipinski definition) is 2. The number of benzene rings is 1. The lowest BCUT2D eigenvalue weighted by molar-refractivity contribution is 0.226. The normalized spacial score (nSPS) is 18.1. The molecule has 1 aromatic carbocycles. The maximum atomic E-state index is 11.6. The molecular formula is C14H23N3O2S. The molecule has 0 amide bonds. The highest BCUT2D eigenvalue weighted by Gasteiger charge is 2.18. The van der Waals surface area contributed by atoms with Crippen LogP contribution in [0, 0.1) is 5.92 Å². The number of piperidine rings is 1. The second-order valence-corrected chi connectivity index (χ2v) is 7.60. The van der Waals surface area contributed by atoms with Gasteiger partial charge in [-0.25, -0.2) is 8.42 Å². The molecule has 0 radical (unpaired) electrons. The standard InChI is InChI=1S/C14H23N3O2S/c1-17-8-6-11(7-9-17)10-16-12-4-3-5-13(14(12)15)20(2,18)19/h3-5,11,16H,6-10,15H2,1-2H3. The van der Waals surface area contributed by atoms with E-state index in [0.29, 0.717) is 17.3 Å². The number of anilines is 2. The Morgan fingerprint density at radius 2 is 2.00 bits per heavy atom. The van der Waals surface area contributed by atoms with Crippen molar-refractivity contribution in [2.24, 2.45) is 5.92 Å². The third-order valence-electron chi connectivity index (χ3n) is 3.88. The van der Waals surface area contributed by atoms with Gasteiger partial charge in [0, 0.05) is 12.8 Å². The molecular weight excluding hydrogens is 274 g/mol. The van der Waals surface area contributed by atoms with Crippen LogP contribution in [0.15, 0.2) is 23.1 Å². The van der Waals surface area contributed by atoms with Gasteiger partial charge in [0.25, 0.3) is 0 Å². The van der Waals surface area contributed by atoms with Gasteiger partial charge in [0.2, 0.25) is 0 Å². The van der Waals surface area contributed by atoms with Crippen molar-refractivity contribution in [3.8, 4) is 0 Å². The summed E-state index contributed by atoms with van der Waals surface area (Å²) in [5.74, 6) is 0.618. The molecule has 1 aliphatic heterocycles. The third kappa shape index (κ3) is 3.64. The van der Waals surface area contributed by atoms with E-state index in [1.54, 1.807) is 12.1 Å². The first-order valence-electron chi connectivity index (χ1n) is 6.89. The Morgan fingerprint density at radius 1 is 1.35 bits per heavy atom. The lowest BCUT2D eigenvalue weighted by Crippen LogP contribution is -2.33. The highest BCUT2D eigenvalue weighted by Crippen LogP contribution is 2.27. The molecule has 0 aromatic heterocycles. The first-order valence-corrected chi connectivity index (χ1v) is 8.78.